The number of rotatable bonds is 5. The average Bonchev–Trinajstić information content (AvgIpc) is 2.38. The molecule has 0 aliphatic carbocycles. The van der Waals surface area contributed by atoms with Gasteiger partial charge in [0.2, 0.25) is 14.1 Å². The second kappa shape index (κ2) is 7.93. The average molecular weight is 368 g/mol. The molecule has 8 nitrogen and oxygen atoms in total. The van der Waals surface area contributed by atoms with Crippen molar-refractivity contribution in [2.75, 3.05) is 0 Å². The lowest BCUT2D eigenvalue weighted by molar-refractivity contribution is -0.135. The molecule has 0 amide bonds. The highest BCUT2D eigenvalue weighted by atomic mass is 28.4. The number of benzene rings is 1. The molecule has 0 radical (unpaired) electrons. The van der Waals surface area contributed by atoms with Crippen molar-refractivity contribution in [2.45, 2.75) is 40.4 Å². The molecule has 0 spiro atoms. The Bertz CT molecular complexity index is 680. The maximum absolute atomic E-state index is 12.3. The standard InChI is InChI=1S/C16H20O8Si/c1-9(17)21-13-7-12(16(20)24-25(4,5)6)8-14(22-10(2)18)15(13)23-11(3)19/h7-8H,1-6H3. The summed E-state index contributed by atoms with van der Waals surface area (Å²) >= 11 is 0. The predicted molar refractivity (Wildman–Crippen MR) is 89.1 cm³/mol. The van der Waals surface area contributed by atoms with Crippen LogP contribution in [-0.4, -0.2) is 32.2 Å². The summed E-state index contributed by atoms with van der Waals surface area (Å²) in [4.78, 5) is 46.2. The Balaban J connectivity index is 3.49. The van der Waals surface area contributed by atoms with Crippen LogP contribution in [0.2, 0.25) is 19.6 Å². The van der Waals surface area contributed by atoms with Crippen LogP contribution in [0.15, 0.2) is 12.1 Å². The minimum atomic E-state index is -2.19. The van der Waals surface area contributed by atoms with Gasteiger partial charge in [-0.1, -0.05) is 0 Å². The van der Waals surface area contributed by atoms with Crippen molar-refractivity contribution in [2.24, 2.45) is 0 Å². The summed E-state index contributed by atoms with van der Waals surface area (Å²) in [6.07, 6.45) is 0. The fourth-order valence-corrected chi connectivity index (χ4v) is 2.41. The van der Waals surface area contributed by atoms with Crippen molar-refractivity contribution in [3.63, 3.8) is 0 Å². The number of carbonyl (C=O) groups excluding carboxylic acids is 4. The molecule has 0 N–H and O–H groups in total. The molecule has 0 saturated heterocycles. The molecule has 0 saturated carbocycles. The van der Waals surface area contributed by atoms with Gasteiger partial charge in [-0.15, -0.1) is 0 Å². The van der Waals surface area contributed by atoms with Crippen molar-refractivity contribution in [1.82, 2.24) is 0 Å². The van der Waals surface area contributed by atoms with E-state index >= 15 is 0 Å². The van der Waals surface area contributed by atoms with Crippen molar-refractivity contribution >= 4 is 32.2 Å². The number of hydrogen-bond donors (Lipinski definition) is 0. The van der Waals surface area contributed by atoms with Gasteiger partial charge in [-0.2, -0.15) is 0 Å². The van der Waals surface area contributed by atoms with Gasteiger partial charge in [0.15, 0.2) is 11.5 Å². The molecule has 0 aliphatic rings. The third kappa shape index (κ3) is 6.75. The van der Waals surface area contributed by atoms with Crippen LogP contribution in [0.4, 0.5) is 0 Å². The first-order valence-corrected chi connectivity index (χ1v) is 10.8. The number of hydrogen-bond acceptors (Lipinski definition) is 8. The molecule has 0 heterocycles. The molecule has 0 aliphatic heterocycles. The van der Waals surface area contributed by atoms with Gasteiger partial charge in [-0.3, -0.25) is 14.4 Å². The minimum Gasteiger partial charge on any atom is -0.516 e. The zero-order valence-electron chi connectivity index (χ0n) is 14.9. The maximum atomic E-state index is 12.3. The zero-order chi connectivity index (χ0) is 19.4. The monoisotopic (exact) mass is 368 g/mol. The first-order chi connectivity index (χ1) is 11.4. The summed E-state index contributed by atoms with van der Waals surface area (Å²) in [7, 11) is -2.19. The number of esters is 3. The Labute approximate surface area is 146 Å². The molecule has 1 rings (SSSR count). The predicted octanol–water partition coefficient (Wildman–Crippen LogP) is 2.45. The summed E-state index contributed by atoms with van der Waals surface area (Å²) in [5.41, 5.74) is -0.00849. The van der Waals surface area contributed by atoms with E-state index in [1.807, 2.05) is 19.6 Å². The molecule has 0 unspecified atom stereocenters. The highest BCUT2D eigenvalue weighted by molar-refractivity contribution is 6.71. The summed E-state index contributed by atoms with van der Waals surface area (Å²) in [5, 5.41) is 0. The fraction of sp³-hybridized carbons (Fsp3) is 0.375. The van der Waals surface area contributed by atoms with Crippen LogP contribution in [0.5, 0.6) is 17.2 Å². The molecule has 0 bridgehead atoms. The van der Waals surface area contributed by atoms with E-state index in [1.165, 1.54) is 12.1 Å². The Morgan fingerprint density at radius 3 is 1.48 bits per heavy atom. The number of ether oxygens (including phenoxy) is 3. The van der Waals surface area contributed by atoms with E-state index < -0.39 is 32.2 Å². The van der Waals surface area contributed by atoms with Gasteiger partial charge in [0, 0.05) is 20.8 Å². The van der Waals surface area contributed by atoms with E-state index in [4.69, 9.17) is 18.6 Å². The van der Waals surface area contributed by atoms with Crippen LogP contribution in [-0.2, 0) is 18.8 Å². The highest BCUT2D eigenvalue weighted by Crippen LogP contribution is 2.39. The SMILES string of the molecule is CC(=O)Oc1cc(C(=O)O[Si](C)(C)C)cc(OC(C)=O)c1OC(C)=O. The van der Waals surface area contributed by atoms with Crippen LogP contribution in [0.3, 0.4) is 0 Å². The van der Waals surface area contributed by atoms with Crippen molar-refractivity contribution < 1.29 is 37.8 Å². The van der Waals surface area contributed by atoms with Gasteiger partial charge >= 0.3 is 23.9 Å². The topological polar surface area (TPSA) is 105 Å². The van der Waals surface area contributed by atoms with E-state index in [-0.39, 0.29) is 22.8 Å². The minimum absolute atomic E-state index is 0.00849. The van der Waals surface area contributed by atoms with Crippen molar-refractivity contribution in [3.8, 4) is 17.2 Å². The van der Waals surface area contributed by atoms with E-state index in [2.05, 4.69) is 0 Å². The third-order valence-corrected chi connectivity index (χ3v) is 3.21. The highest BCUT2D eigenvalue weighted by Gasteiger charge is 2.26. The molecule has 25 heavy (non-hydrogen) atoms. The van der Waals surface area contributed by atoms with Gasteiger partial charge in [0.05, 0.1) is 5.56 Å². The summed E-state index contributed by atoms with van der Waals surface area (Å²) in [5.74, 6) is -3.55. The summed E-state index contributed by atoms with van der Waals surface area (Å²) < 4.78 is 20.3. The van der Waals surface area contributed by atoms with Crippen LogP contribution >= 0.6 is 0 Å². The van der Waals surface area contributed by atoms with Gasteiger partial charge < -0.3 is 18.6 Å². The normalized spacial score (nSPS) is 10.6. The van der Waals surface area contributed by atoms with Gasteiger partial charge in [-0.25, -0.2) is 4.79 Å². The van der Waals surface area contributed by atoms with Crippen LogP contribution in [0.1, 0.15) is 31.1 Å². The lowest BCUT2D eigenvalue weighted by Gasteiger charge is -2.19. The Morgan fingerprint density at radius 2 is 1.16 bits per heavy atom. The lowest BCUT2D eigenvalue weighted by atomic mass is 10.2. The lowest BCUT2D eigenvalue weighted by Crippen LogP contribution is -2.29. The Kier molecular flexibility index (Phi) is 6.46. The first kappa shape index (κ1) is 20.4. The molecular weight excluding hydrogens is 348 g/mol. The van der Waals surface area contributed by atoms with E-state index in [0.29, 0.717) is 0 Å². The fourth-order valence-electron chi connectivity index (χ4n) is 1.74. The van der Waals surface area contributed by atoms with Gasteiger partial charge in [0.25, 0.3) is 0 Å². The molecule has 1 aromatic carbocycles. The molecule has 9 heteroatoms. The smallest absolute Gasteiger partial charge is 0.325 e. The quantitative estimate of drug-likeness (QED) is 0.443. The van der Waals surface area contributed by atoms with E-state index in [1.54, 1.807) is 0 Å². The summed E-state index contributed by atoms with van der Waals surface area (Å²) in [6, 6.07) is 2.38. The first-order valence-electron chi connectivity index (χ1n) is 7.35. The molecular formula is C16H20O8Si. The van der Waals surface area contributed by atoms with Crippen LogP contribution < -0.4 is 14.2 Å². The molecule has 0 aromatic heterocycles. The maximum Gasteiger partial charge on any atom is 0.325 e. The summed E-state index contributed by atoms with van der Waals surface area (Å²) in [6.45, 7) is 8.85. The van der Waals surface area contributed by atoms with E-state index in [9.17, 15) is 19.2 Å². The molecule has 136 valence electrons. The van der Waals surface area contributed by atoms with Crippen molar-refractivity contribution in [1.29, 1.82) is 0 Å². The Morgan fingerprint density at radius 1 is 0.760 bits per heavy atom. The van der Waals surface area contributed by atoms with Crippen LogP contribution in [0.25, 0.3) is 0 Å². The van der Waals surface area contributed by atoms with Gasteiger partial charge in [0.1, 0.15) is 0 Å². The second-order valence-corrected chi connectivity index (χ2v) is 10.5. The van der Waals surface area contributed by atoms with Crippen molar-refractivity contribution in [3.05, 3.63) is 17.7 Å². The number of carbonyl (C=O) groups is 4. The zero-order valence-corrected chi connectivity index (χ0v) is 15.9. The molecule has 0 fully saturated rings. The van der Waals surface area contributed by atoms with E-state index in [0.717, 1.165) is 20.8 Å². The second-order valence-electron chi connectivity index (χ2n) is 6.08. The largest absolute Gasteiger partial charge is 0.516 e. The van der Waals surface area contributed by atoms with Gasteiger partial charge in [-0.05, 0) is 31.8 Å². The third-order valence-electron chi connectivity index (χ3n) is 2.41. The molecule has 1 aromatic rings. The molecule has 0 atom stereocenters. The Hall–Kier alpha value is -2.68. The van der Waals surface area contributed by atoms with Crippen LogP contribution in [0, 0.1) is 0 Å².